The van der Waals surface area contributed by atoms with Crippen LogP contribution in [0.4, 0.5) is 18.3 Å². The van der Waals surface area contributed by atoms with E-state index < -0.39 is 41.3 Å². The fourth-order valence-corrected chi connectivity index (χ4v) is 4.72. The third kappa shape index (κ3) is 5.86. The highest BCUT2D eigenvalue weighted by Crippen LogP contribution is 2.40. The van der Waals surface area contributed by atoms with Gasteiger partial charge in [0.05, 0.1) is 0 Å². The van der Waals surface area contributed by atoms with Gasteiger partial charge in [0.2, 0.25) is 11.5 Å². The van der Waals surface area contributed by atoms with Gasteiger partial charge >= 0.3 is 18.1 Å². The zero-order valence-corrected chi connectivity index (χ0v) is 19.1. The van der Waals surface area contributed by atoms with Crippen LogP contribution in [-0.4, -0.2) is 90.3 Å². The van der Waals surface area contributed by atoms with Gasteiger partial charge in [0.1, 0.15) is 24.2 Å². The molecule has 3 heterocycles. The molecule has 3 rings (SSSR count). The molecular formula is C15H14ClF3N6O7S2. The van der Waals surface area contributed by atoms with Crippen LogP contribution in [0.5, 0.6) is 0 Å². The number of nitrogen functional groups attached to an aromatic ring is 1. The Morgan fingerprint density at radius 2 is 2.00 bits per heavy atom. The molecule has 13 nitrogen and oxygen atoms in total. The molecule has 1 fully saturated rings. The molecule has 5 N–H and O–H groups in total. The number of oxime groups is 1. The molecule has 0 bridgehead atoms. The van der Waals surface area contributed by atoms with Gasteiger partial charge in [0.15, 0.2) is 5.13 Å². The molecule has 19 heteroatoms. The van der Waals surface area contributed by atoms with Crippen LogP contribution >= 0.6 is 34.9 Å². The Hall–Kier alpha value is -3.12. The quantitative estimate of drug-likeness (QED) is 0.163. The molecule has 0 radical (unpaired) electrons. The van der Waals surface area contributed by atoms with E-state index >= 15 is 0 Å². The minimum Gasteiger partial charge on any atom is -0.477 e. The Balaban J connectivity index is 0.000000509. The van der Waals surface area contributed by atoms with Crippen molar-refractivity contribution in [3.05, 3.63) is 17.1 Å². The molecule has 2 atom stereocenters. The summed E-state index contributed by atoms with van der Waals surface area (Å²) in [6.07, 6.45) is -5.08. The lowest BCUT2D eigenvalue weighted by molar-refractivity contribution is -0.192. The molecule has 186 valence electrons. The predicted molar refractivity (Wildman–Crippen MR) is 112 cm³/mol. The van der Waals surface area contributed by atoms with Crippen molar-refractivity contribution < 1.29 is 47.4 Å². The number of β-lactam (4-membered cyclic amide) rings is 1. The number of carboxylic acids is 2. The number of thioether (sulfide) groups is 1. The predicted octanol–water partition coefficient (Wildman–Crippen LogP) is 0.0815. The number of aliphatic carboxylic acids is 2. The molecule has 34 heavy (non-hydrogen) atoms. The van der Waals surface area contributed by atoms with E-state index in [0.29, 0.717) is 11.3 Å². The maximum Gasteiger partial charge on any atom is 0.490 e. The van der Waals surface area contributed by atoms with E-state index in [-0.39, 0.29) is 28.2 Å². The summed E-state index contributed by atoms with van der Waals surface area (Å²) in [5.74, 6) is -4.98. The number of carbonyl (C=O) groups is 4. The molecule has 0 saturated carbocycles. The third-order valence-electron chi connectivity index (χ3n) is 3.99. The van der Waals surface area contributed by atoms with Crippen molar-refractivity contribution in [2.24, 2.45) is 5.16 Å². The number of nitrogens with two attached hydrogens (primary N) is 1. The van der Waals surface area contributed by atoms with E-state index in [0.717, 1.165) is 16.4 Å². The number of alkyl halides is 4. The number of aromatic nitrogens is 2. The van der Waals surface area contributed by atoms with Gasteiger partial charge in [-0.3, -0.25) is 14.5 Å². The second-order valence-corrected chi connectivity index (χ2v) is 8.29. The Morgan fingerprint density at radius 3 is 2.44 bits per heavy atom. The number of anilines is 1. The average Bonchev–Trinajstić information content (AvgIpc) is 3.19. The maximum absolute atomic E-state index is 12.5. The summed E-state index contributed by atoms with van der Waals surface area (Å²) in [5, 5.41) is 22.2. The second kappa shape index (κ2) is 10.9. The van der Waals surface area contributed by atoms with Crippen molar-refractivity contribution in [2.75, 3.05) is 24.5 Å². The third-order valence-corrected chi connectivity index (χ3v) is 6.20. The molecule has 1 unspecified atom stereocenters. The summed E-state index contributed by atoms with van der Waals surface area (Å²) in [4.78, 5) is 55.0. The number of nitrogens with one attached hydrogen (secondary N) is 1. The standard InChI is InChI=1S/C13H13ClN6O5S2.C2HF3O2/c1-25-18-5(8-17-13(15)27-19-8)9(21)16-6-10(22)20-7(12(23)24)4(2-14)3-26-11(6)20;3-2(4,5)1(6)7/h6,11H,2-3H2,1H3,(H,16,21)(H,23,24)(H2,15,17,19);(H,6,7)/b18-5-;/t6?,11-;/m1./s1. The molecular weight excluding hydrogens is 533 g/mol. The van der Waals surface area contributed by atoms with Crippen LogP contribution in [0.15, 0.2) is 16.4 Å². The van der Waals surface area contributed by atoms with Crippen molar-refractivity contribution in [2.45, 2.75) is 17.6 Å². The summed E-state index contributed by atoms with van der Waals surface area (Å²) in [6, 6.07) is -0.924. The Labute approximate surface area is 200 Å². The molecule has 2 aliphatic heterocycles. The van der Waals surface area contributed by atoms with Crippen LogP contribution in [0.2, 0.25) is 0 Å². The fraction of sp³-hybridized carbons (Fsp3) is 0.400. The second-order valence-electron chi connectivity index (χ2n) is 6.13. The number of carboxylic acid groups (broad SMARTS) is 2. The van der Waals surface area contributed by atoms with Crippen molar-refractivity contribution in [1.29, 1.82) is 0 Å². The minimum absolute atomic E-state index is 0.00369. The van der Waals surface area contributed by atoms with Crippen LogP contribution in [0.25, 0.3) is 0 Å². The van der Waals surface area contributed by atoms with Gasteiger partial charge in [0.25, 0.3) is 11.8 Å². The van der Waals surface area contributed by atoms with E-state index in [1.807, 2.05) is 0 Å². The number of hydrogen-bond donors (Lipinski definition) is 4. The van der Waals surface area contributed by atoms with Gasteiger partial charge < -0.3 is 26.1 Å². The molecule has 0 aliphatic carbocycles. The zero-order valence-electron chi connectivity index (χ0n) is 16.7. The summed E-state index contributed by atoms with van der Waals surface area (Å²) >= 11 is 7.96. The number of amides is 2. The Bertz CT molecular complexity index is 1060. The lowest BCUT2D eigenvalue weighted by Crippen LogP contribution is -2.71. The van der Waals surface area contributed by atoms with Crippen LogP contribution < -0.4 is 11.1 Å². The van der Waals surface area contributed by atoms with Gasteiger partial charge in [0, 0.05) is 23.2 Å². The Morgan fingerprint density at radius 1 is 1.38 bits per heavy atom. The molecule has 1 aromatic heterocycles. The highest BCUT2D eigenvalue weighted by molar-refractivity contribution is 8.00. The van der Waals surface area contributed by atoms with E-state index in [4.69, 9.17) is 27.2 Å². The molecule has 2 aliphatic rings. The largest absolute Gasteiger partial charge is 0.490 e. The van der Waals surface area contributed by atoms with Crippen molar-refractivity contribution in [1.82, 2.24) is 19.6 Å². The lowest BCUT2D eigenvalue weighted by atomic mass is 10.0. The molecule has 0 aromatic carbocycles. The lowest BCUT2D eigenvalue weighted by Gasteiger charge is -2.49. The monoisotopic (exact) mass is 546 g/mol. The summed E-state index contributed by atoms with van der Waals surface area (Å²) in [7, 11) is 1.24. The van der Waals surface area contributed by atoms with Crippen LogP contribution in [-0.2, 0) is 24.0 Å². The van der Waals surface area contributed by atoms with Gasteiger partial charge in [-0.15, -0.1) is 23.4 Å². The number of fused-ring (bicyclic) bond motifs is 1. The van der Waals surface area contributed by atoms with E-state index in [1.165, 1.54) is 18.9 Å². The number of halogens is 4. The number of hydrogen-bond acceptors (Lipinski definition) is 11. The number of rotatable bonds is 6. The summed E-state index contributed by atoms with van der Waals surface area (Å²) in [5.41, 5.74) is 5.59. The maximum atomic E-state index is 12.5. The SMILES string of the molecule is CO/N=C(\C(=O)NC1C(=O)N2C(C(=O)O)=C(CCl)CS[C@H]12)c1nsc(N)n1.O=C(O)C(F)(F)F. The summed E-state index contributed by atoms with van der Waals surface area (Å²) in [6.45, 7) is 0. The van der Waals surface area contributed by atoms with Gasteiger partial charge in [-0.1, -0.05) is 5.16 Å². The van der Waals surface area contributed by atoms with Crippen LogP contribution in [0.1, 0.15) is 5.82 Å². The average molecular weight is 547 g/mol. The van der Waals surface area contributed by atoms with Crippen molar-refractivity contribution in [3.8, 4) is 0 Å². The summed E-state index contributed by atoms with van der Waals surface area (Å²) < 4.78 is 35.6. The van der Waals surface area contributed by atoms with Gasteiger partial charge in [-0.2, -0.15) is 22.5 Å². The fourth-order valence-electron chi connectivity index (χ4n) is 2.60. The first-order chi connectivity index (χ1) is 15.8. The first-order valence-corrected chi connectivity index (χ1v) is 11.0. The topological polar surface area (TPSA) is 197 Å². The molecule has 1 aromatic rings. The van der Waals surface area contributed by atoms with Crippen LogP contribution in [0.3, 0.4) is 0 Å². The highest BCUT2D eigenvalue weighted by atomic mass is 35.5. The first-order valence-electron chi connectivity index (χ1n) is 8.61. The first kappa shape index (κ1) is 27.1. The zero-order chi connectivity index (χ0) is 25.8. The van der Waals surface area contributed by atoms with Crippen molar-refractivity contribution >= 4 is 69.5 Å². The molecule has 2 amide bonds. The van der Waals surface area contributed by atoms with Crippen LogP contribution in [0, 0.1) is 0 Å². The van der Waals surface area contributed by atoms with E-state index in [1.54, 1.807) is 0 Å². The number of carbonyl (C=O) groups excluding carboxylic acids is 2. The van der Waals surface area contributed by atoms with Crippen molar-refractivity contribution in [3.63, 3.8) is 0 Å². The van der Waals surface area contributed by atoms with E-state index in [9.17, 15) is 32.7 Å². The number of nitrogens with zero attached hydrogens (tertiary/aromatic N) is 4. The molecule has 1 saturated heterocycles. The normalized spacial score (nSPS) is 20.0. The van der Waals surface area contributed by atoms with Gasteiger partial charge in [-0.05, 0) is 5.57 Å². The molecule has 0 spiro atoms. The van der Waals surface area contributed by atoms with Gasteiger partial charge in [-0.25, -0.2) is 9.59 Å². The smallest absolute Gasteiger partial charge is 0.477 e. The Kier molecular flexibility index (Phi) is 8.67. The minimum atomic E-state index is -5.08. The van der Waals surface area contributed by atoms with E-state index in [2.05, 4.69) is 24.7 Å². The highest BCUT2D eigenvalue weighted by Gasteiger charge is 2.54.